The maximum atomic E-state index is 10.5. The zero-order chi connectivity index (χ0) is 30.0. The Kier molecular flexibility index (Phi) is 11.4. The number of piperazine rings is 1. The molecule has 5 rings (SSSR count). The van der Waals surface area contributed by atoms with Crippen LogP contribution in [0.25, 0.3) is 22.2 Å². The minimum absolute atomic E-state index is 0.192. The molecule has 3 heterocycles. The average molecular weight is 595 g/mol. The number of nitrogens with zero attached hydrogens (tertiary/aromatic N) is 5. The van der Waals surface area contributed by atoms with Gasteiger partial charge in [-0.25, -0.2) is 9.78 Å². The molecule has 1 saturated carbocycles. The van der Waals surface area contributed by atoms with Crippen molar-refractivity contribution in [1.82, 2.24) is 24.3 Å². The molecule has 43 heavy (non-hydrogen) atoms. The number of fused-ring (bicyclic) bond motifs is 1. The van der Waals surface area contributed by atoms with Crippen LogP contribution < -0.4 is 5.32 Å². The Morgan fingerprint density at radius 3 is 2.44 bits per heavy atom. The molecular weight excluding hydrogens is 548 g/mol. The molecule has 2 aliphatic rings. The number of carboxylic acid groups (broad SMARTS) is 1. The number of hydrogen-bond donors (Lipinski definition) is 3. The smallest absolute Gasteiger partial charge is 0.329 e. The Morgan fingerprint density at radius 1 is 1.00 bits per heavy atom. The van der Waals surface area contributed by atoms with Crippen molar-refractivity contribution >= 4 is 23.0 Å². The molecule has 0 radical (unpaired) electrons. The number of aliphatic hydroxyl groups excluding tert-OH is 1. The van der Waals surface area contributed by atoms with Crippen LogP contribution in [-0.2, 0) is 20.8 Å². The van der Waals surface area contributed by atoms with E-state index >= 15 is 0 Å². The average Bonchev–Trinajstić information content (AvgIpc) is 3.40. The summed E-state index contributed by atoms with van der Waals surface area (Å²) in [5.41, 5.74) is 4.58. The van der Waals surface area contributed by atoms with Crippen molar-refractivity contribution in [3.63, 3.8) is 0 Å². The van der Waals surface area contributed by atoms with Gasteiger partial charge in [-0.3, -0.25) is 9.80 Å². The van der Waals surface area contributed by atoms with Gasteiger partial charge in [-0.05, 0) is 43.2 Å². The van der Waals surface area contributed by atoms with Crippen LogP contribution in [0.5, 0.6) is 0 Å². The van der Waals surface area contributed by atoms with E-state index in [9.17, 15) is 9.90 Å². The van der Waals surface area contributed by atoms with E-state index in [0.717, 1.165) is 94.5 Å². The van der Waals surface area contributed by atoms with Crippen LogP contribution in [0, 0.1) is 0 Å². The van der Waals surface area contributed by atoms with E-state index in [-0.39, 0.29) is 12.7 Å². The zero-order valence-electron chi connectivity index (χ0n) is 25.3. The molecule has 0 spiro atoms. The highest BCUT2D eigenvalue weighted by Gasteiger charge is 2.24. The van der Waals surface area contributed by atoms with Crippen molar-refractivity contribution in [2.75, 3.05) is 71.0 Å². The summed E-state index contributed by atoms with van der Waals surface area (Å²) >= 11 is 0. The molecule has 11 nitrogen and oxygen atoms in total. The number of aliphatic hydroxyl groups is 1. The summed E-state index contributed by atoms with van der Waals surface area (Å²) in [5, 5.41) is 23.1. The maximum Gasteiger partial charge on any atom is 0.329 e. The minimum Gasteiger partial charge on any atom is -0.480 e. The molecule has 1 aliphatic carbocycles. The monoisotopic (exact) mass is 594 g/mol. The maximum absolute atomic E-state index is 10.5. The van der Waals surface area contributed by atoms with Crippen molar-refractivity contribution in [2.45, 2.75) is 57.7 Å². The molecule has 0 unspecified atom stereocenters. The van der Waals surface area contributed by atoms with E-state index in [2.05, 4.69) is 62.1 Å². The summed E-state index contributed by atoms with van der Waals surface area (Å²) in [5.74, 6) is -0.291. The summed E-state index contributed by atoms with van der Waals surface area (Å²) in [6.45, 7) is 9.86. The molecular formula is C32H46N6O5. The van der Waals surface area contributed by atoms with E-state index in [0.29, 0.717) is 31.8 Å². The fourth-order valence-corrected chi connectivity index (χ4v) is 5.99. The van der Waals surface area contributed by atoms with Crippen LogP contribution >= 0.6 is 0 Å². The second-order valence-electron chi connectivity index (χ2n) is 11.6. The van der Waals surface area contributed by atoms with Gasteiger partial charge in [-0.2, -0.15) is 4.98 Å². The van der Waals surface area contributed by atoms with Gasteiger partial charge >= 0.3 is 5.97 Å². The van der Waals surface area contributed by atoms with Crippen LogP contribution in [0.2, 0.25) is 0 Å². The molecule has 1 saturated heterocycles. The van der Waals surface area contributed by atoms with Gasteiger partial charge in [0.2, 0.25) is 5.95 Å². The van der Waals surface area contributed by atoms with E-state index < -0.39 is 5.97 Å². The third-order valence-corrected chi connectivity index (χ3v) is 8.45. The highest BCUT2D eigenvalue weighted by atomic mass is 16.5. The summed E-state index contributed by atoms with van der Waals surface area (Å²) in [7, 11) is 0. The van der Waals surface area contributed by atoms with Crippen molar-refractivity contribution in [3.05, 3.63) is 42.2 Å². The number of nitrogens with one attached hydrogen (secondary N) is 1. The standard InChI is InChI=1S/C32H46N6O5/c1-2-11-33-32-34-20-28-29(22-38(31(28)35-32)26-7-9-27(39)10-8-26)25-5-3-24(4-6-25)21-37-14-12-36(13-15-37)16-17-42-18-19-43-23-30(40)41/h3-6,20,22,26-27,39H,2,7-19,21,23H2,1H3,(H,40,41)(H,33,34,35). The second-order valence-corrected chi connectivity index (χ2v) is 11.6. The summed E-state index contributed by atoms with van der Waals surface area (Å²) in [4.78, 5) is 24.9. The van der Waals surface area contributed by atoms with Crippen LogP contribution in [0.4, 0.5) is 5.95 Å². The van der Waals surface area contributed by atoms with Gasteiger partial charge in [0, 0.05) is 75.2 Å². The first-order valence-electron chi connectivity index (χ1n) is 15.7. The van der Waals surface area contributed by atoms with E-state index in [1.165, 1.54) is 11.1 Å². The largest absolute Gasteiger partial charge is 0.480 e. The molecule has 234 valence electrons. The molecule has 3 aromatic rings. The normalized spacial score (nSPS) is 20.0. The topological polar surface area (TPSA) is 125 Å². The third kappa shape index (κ3) is 8.73. The van der Waals surface area contributed by atoms with Gasteiger partial charge in [0.15, 0.2) is 0 Å². The molecule has 2 aromatic heterocycles. The lowest BCUT2D eigenvalue weighted by Crippen LogP contribution is -2.46. The van der Waals surface area contributed by atoms with Crippen molar-refractivity contribution < 1.29 is 24.5 Å². The van der Waals surface area contributed by atoms with Crippen molar-refractivity contribution in [3.8, 4) is 11.1 Å². The van der Waals surface area contributed by atoms with Crippen LogP contribution in [-0.4, -0.2) is 112 Å². The molecule has 3 N–H and O–H groups in total. The minimum atomic E-state index is -0.959. The first-order valence-corrected chi connectivity index (χ1v) is 15.7. The fourth-order valence-electron chi connectivity index (χ4n) is 5.99. The number of carbonyl (C=O) groups is 1. The van der Waals surface area contributed by atoms with Crippen LogP contribution in [0.1, 0.15) is 50.6 Å². The molecule has 1 aliphatic heterocycles. The number of anilines is 1. The SMILES string of the molecule is CCCNc1ncc2c(-c3ccc(CN4CCN(CCOCCOCC(=O)O)CC4)cc3)cn(C3CCC(O)CC3)c2n1. The van der Waals surface area contributed by atoms with Gasteiger partial charge in [-0.1, -0.05) is 31.2 Å². The molecule has 0 amide bonds. The lowest BCUT2D eigenvalue weighted by atomic mass is 9.93. The van der Waals surface area contributed by atoms with Crippen LogP contribution in [0.15, 0.2) is 36.7 Å². The highest BCUT2D eigenvalue weighted by molar-refractivity contribution is 5.94. The lowest BCUT2D eigenvalue weighted by Gasteiger charge is -2.34. The number of aromatic nitrogens is 3. The lowest BCUT2D eigenvalue weighted by molar-refractivity contribution is -0.142. The fraction of sp³-hybridized carbons (Fsp3) is 0.594. The molecule has 0 atom stereocenters. The Morgan fingerprint density at radius 2 is 1.72 bits per heavy atom. The van der Waals surface area contributed by atoms with Gasteiger partial charge < -0.3 is 29.6 Å². The van der Waals surface area contributed by atoms with E-state index in [1.54, 1.807) is 0 Å². The first-order chi connectivity index (χ1) is 21.0. The quantitative estimate of drug-likeness (QED) is 0.225. The Bertz CT molecular complexity index is 1300. The van der Waals surface area contributed by atoms with Gasteiger partial charge in [0.1, 0.15) is 12.3 Å². The predicted molar refractivity (Wildman–Crippen MR) is 166 cm³/mol. The van der Waals surface area contributed by atoms with E-state index in [4.69, 9.17) is 19.6 Å². The number of aliphatic carboxylic acids is 1. The number of ether oxygens (including phenoxy) is 2. The number of hydrogen-bond acceptors (Lipinski definition) is 9. The Labute approximate surface area is 253 Å². The van der Waals surface area contributed by atoms with Crippen molar-refractivity contribution in [1.29, 1.82) is 0 Å². The number of carboxylic acids is 1. The highest BCUT2D eigenvalue weighted by Crippen LogP contribution is 2.36. The molecule has 1 aromatic carbocycles. The summed E-state index contributed by atoms with van der Waals surface area (Å²) in [6.07, 6.45) is 8.58. The molecule has 11 heteroatoms. The van der Waals surface area contributed by atoms with Crippen molar-refractivity contribution in [2.24, 2.45) is 0 Å². The van der Waals surface area contributed by atoms with Gasteiger partial charge in [0.25, 0.3) is 0 Å². The van der Waals surface area contributed by atoms with Crippen LogP contribution in [0.3, 0.4) is 0 Å². The Hall–Kier alpha value is -3.09. The molecule has 0 bridgehead atoms. The van der Waals surface area contributed by atoms with Gasteiger partial charge in [0.05, 0.1) is 25.9 Å². The summed E-state index contributed by atoms with van der Waals surface area (Å²) < 4.78 is 12.9. The number of benzene rings is 1. The second kappa shape index (κ2) is 15.6. The van der Waals surface area contributed by atoms with E-state index in [1.807, 2.05) is 6.20 Å². The predicted octanol–water partition coefficient (Wildman–Crippen LogP) is 3.63. The zero-order valence-corrected chi connectivity index (χ0v) is 25.3. The molecule has 2 fully saturated rings. The first kappa shape index (κ1) is 31.3. The Balaban J connectivity index is 1.16. The summed E-state index contributed by atoms with van der Waals surface area (Å²) in [6, 6.07) is 9.24. The van der Waals surface area contributed by atoms with Gasteiger partial charge in [-0.15, -0.1) is 0 Å². The number of rotatable bonds is 15. The third-order valence-electron chi connectivity index (χ3n) is 8.45.